The van der Waals surface area contributed by atoms with E-state index in [9.17, 15) is 4.79 Å². The van der Waals surface area contributed by atoms with Crippen molar-refractivity contribution in [2.45, 2.75) is 6.92 Å². The summed E-state index contributed by atoms with van der Waals surface area (Å²) in [5.74, 6) is 0.0581. The minimum absolute atomic E-state index is 0.0581. The number of carbonyl (C=O) groups is 1. The van der Waals surface area contributed by atoms with Gasteiger partial charge in [0.1, 0.15) is 0 Å². The second-order valence-corrected chi connectivity index (χ2v) is 3.78. The number of likely N-dealkylation sites (N-methyl/N-ethyl adjacent to an activating group) is 1. The van der Waals surface area contributed by atoms with Crippen LogP contribution in [0.15, 0.2) is 72.2 Å². The third kappa shape index (κ3) is 2.72. The molecule has 0 bridgehead atoms. The molecule has 0 radical (unpaired) electrons. The topological polar surface area (TPSA) is 20.3 Å². The highest BCUT2D eigenvalue weighted by molar-refractivity contribution is 6.07. The predicted molar refractivity (Wildman–Crippen MR) is 70.1 cm³/mol. The SMILES string of the molecule is CCN1C=CC=C/C1=C/C=C1/C=CC=CC1=O. The van der Waals surface area contributed by atoms with E-state index < -0.39 is 0 Å². The van der Waals surface area contributed by atoms with Gasteiger partial charge in [-0.05, 0) is 37.3 Å². The Hall–Kier alpha value is -2.09. The third-order valence-electron chi connectivity index (χ3n) is 2.67. The van der Waals surface area contributed by atoms with E-state index in [0.717, 1.165) is 17.8 Å². The molecule has 0 atom stereocenters. The molecular formula is C15H15NO. The predicted octanol–water partition coefficient (Wildman–Crippen LogP) is 2.90. The van der Waals surface area contributed by atoms with Crippen LogP contribution in [0.25, 0.3) is 0 Å². The van der Waals surface area contributed by atoms with Crippen molar-refractivity contribution in [3.05, 3.63) is 72.2 Å². The molecule has 0 spiro atoms. The Morgan fingerprint density at radius 2 is 1.82 bits per heavy atom. The second kappa shape index (κ2) is 5.30. The number of nitrogens with zero attached hydrogens (tertiary/aromatic N) is 1. The second-order valence-electron chi connectivity index (χ2n) is 3.78. The van der Waals surface area contributed by atoms with Gasteiger partial charge in [0.2, 0.25) is 0 Å². The molecule has 0 saturated heterocycles. The number of carbonyl (C=O) groups excluding carboxylic acids is 1. The zero-order chi connectivity index (χ0) is 12.1. The zero-order valence-electron chi connectivity index (χ0n) is 9.84. The van der Waals surface area contributed by atoms with Crippen molar-refractivity contribution in [3.8, 4) is 0 Å². The van der Waals surface area contributed by atoms with Crippen molar-refractivity contribution in [1.82, 2.24) is 4.90 Å². The average molecular weight is 225 g/mol. The van der Waals surface area contributed by atoms with E-state index in [4.69, 9.17) is 0 Å². The van der Waals surface area contributed by atoms with Crippen LogP contribution in [0.4, 0.5) is 0 Å². The van der Waals surface area contributed by atoms with Crippen LogP contribution in [0.1, 0.15) is 6.92 Å². The summed E-state index contributed by atoms with van der Waals surface area (Å²) in [4.78, 5) is 13.7. The van der Waals surface area contributed by atoms with Crippen LogP contribution in [0.2, 0.25) is 0 Å². The van der Waals surface area contributed by atoms with Crippen LogP contribution in [-0.4, -0.2) is 17.2 Å². The maximum atomic E-state index is 11.5. The van der Waals surface area contributed by atoms with Crippen LogP contribution in [0.5, 0.6) is 0 Å². The minimum Gasteiger partial charge on any atom is -0.348 e. The van der Waals surface area contributed by atoms with Crippen LogP contribution < -0.4 is 0 Å². The third-order valence-corrected chi connectivity index (χ3v) is 2.67. The molecule has 17 heavy (non-hydrogen) atoms. The van der Waals surface area contributed by atoms with Crippen molar-refractivity contribution < 1.29 is 4.79 Å². The molecule has 86 valence electrons. The summed E-state index contributed by atoms with van der Waals surface area (Å²) in [7, 11) is 0. The molecule has 2 heteroatoms. The van der Waals surface area contributed by atoms with Gasteiger partial charge in [0.15, 0.2) is 5.78 Å². The Labute approximate surface area is 102 Å². The van der Waals surface area contributed by atoms with E-state index in [1.54, 1.807) is 12.2 Å². The molecule has 0 N–H and O–H groups in total. The summed E-state index contributed by atoms with van der Waals surface area (Å²) in [6, 6.07) is 0. The first-order valence-electron chi connectivity index (χ1n) is 5.74. The Balaban J connectivity index is 2.20. The highest BCUT2D eigenvalue weighted by Crippen LogP contribution is 2.13. The van der Waals surface area contributed by atoms with Crippen LogP contribution in [0, 0.1) is 0 Å². The number of rotatable bonds is 2. The molecule has 2 nitrogen and oxygen atoms in total. The lowest BCUT2D eigenvalue weighted by Gasteiger charge is -2.21. The summed E-state index contributed by atoms with van der Waals surface area (Å²) in [6.45, 7) is 3.01. The van der Waals surface area contributed by atoms with Gasteiger partial charge < -0.3 is 4.90 Å². The molecule has 1 aliphatic heterocycles. The van der Waals surface area contributed by atoms with Crippen molar-refractivity contribution in [1.29, 1.82) is 0 Å². The maximum absolute atomic E-state index is 11.5. The van der Waals surface area contributed by atoms with Crippen LogP contribution >= 0.6 is 0 Å². The summed E-state index contributed by atoms with van der Waals surface area (Å²) < 4.78 is 0. The summed E-state index contributed by atoms with van der Waals surface area (Å²) in [5.41, 5.74) is 1.82. The summed E-state index contributed by atoms with van der Waals surface area (Å²) in [6.07, 6.45) is 18.9. The van der Waals surface area contributed by atoms with E-state index in [1.807, 2.05) is 48.7 Å². The van der Waals surface area contributed by atoms with Gasteiger partial charge in [-0.2, -0.15) is 0 Å². The highest BCUT2D eigenvalue weighted by Gasteiger charge is 2.06. The first-order chi connectivity index (χ1) is 8.31. The normalized spacial score (nSPS) is 23.1. The smallest absolute Gasteiger partial charge is 0.185 e. The van der Waals surface area contributed by atoms with E-state index in [1.165, 1.54) is 0 Å². The van der Waals surface area contributed by atoms with Crippen molar-refractivity contribution in [2.24, 2.45) is 0 Å². The van der Waals surface area contributed by atoms with E-state index in [0.29, 0.717) is 0 Å². The first-order valence-corrected chi connectivity index (χ1v) is 5.74. The van der Waals surface area contributed by atoms with E-state index in [-0.39, 0.29) is 5.78 Å². The Morgan fingerprint density at radius 3 is 2.59 bits per heavy atom. The van der Waals surface area contributed by atoms with Gasteiger partial charge in [-0.3, -0.25) is 4.79 Å². The van der Waals surface area contributed by atoms with Crippen molar-refractivity contribution in [2.75, 3.05) is 6.54 Å². The number of ketones is 1. The monoisotopic (exact) mass is 225 g/mol. The Kier molecular flexibility index (Phi) is 3.55. The van der Waals surface area contributed by atoms with Crippen LogP contribution in [0.3, 0.4) is 0 Å². The first kappa shape index (κ1) is 11.4. The van der Waals surface area contributed by atoms with E-state index >= 15 is 0 Å². The lowest BCUT2D eigenvalue weighted by molar-refractivity contribution is -0.111. The number of hydrogen-bond donors (Lipinski definition) is 0. The Morgan fingerprint density at radius 1 is 1.06 bits per heavy atom. The molecule has 0 unspecified atom stereocenters. The number of hydrogen-bond acceptors (Lipinski definition) is 2. The standard InChI is InChI=1S/C15H15NO/c1-2-16-12-6-5-8-14(16)11-10-13-7-3-4-9-15(13)17/h3-12H,2H2,1H3/b13-10-,14-11-. The summed E-state index contributed by atoms with van der Waals surface area (Å²) >= 11 is 0. The molecule has 0 amide bonds. The quantitative estimate of drug-likeness (QED) is 0.673. The average Bonchev–Trinajstić information content (AvgIpc) is 2.38. The summed E-state index contributed by atoms with van der Waals surface area (Å²) in [5, 5.41) is 0. The van der Waals surface area contributed by atoms with Gasteiger partial charge in [-0.25, -0.2) is 0 Å². The molecule has 0 saturated carbocycles. The van der Waals surface area contributed by atoms with Gasteiger partial charge in [0, 0.05) is 24.0 Å². The fourth-order valence-electron chi connectivity index (χ4n) is 1.72. The van der Waals surface area contributed by atoms with Crippen molar-refractivity contribution in [3.63, 3.8) is 0 Å². The number of allylic oxidation sites excluding steroid dienone is 10. The molecule has 0 aromatic rings. The lowest BCUT2D eigenvalue weighted by Crippen LogP contribution is -2.16. The molecule has 1 aliphatic carbocycles. The fraction of sp³-hybridized carbons (Fsp3) is 0.133. The minimum atomic E-state index is 0.0581. The molecule has 0 aromatic heterocycles. The zero-order valence-corrected chi connectivity index (χ0v) is 9.84. The fourth-order valence-corrected chi connectivity index (χ4v) is 1.72. The van der Waals surface area contributed by atoms with E-state index in [2.05, 4.69) is 11.8 Å². The highest BCUT2D eigenvalue weighted by atomic mass is 16.1. The van der Waals surface area contributed by atoms with Gasteiger partial charge in [0.05, 0.1) is 0 Å². The van der Waals surface area contributed by atoms with Gasteiger partial charge in [0.25, 0.3) is 0 Å². The van der Waals surface area contributed by atoms with Gasteiger partial charge >= 0.3 is 0 Å². The van der Waals surface area contributed by atoms with Gasteiger partial charge in [-0.1, -0.05) is 24.3 Å². The largest absolute Gasteiger partial charge is 0.348 e. The molecule has 1 heterocycles. The molecule has 2 aliphatic rings. The molecule has 0 aromatic carbocycles. The van der Waals surface area contributed by atoms with Crippen LogP contribution in [-0.2, 0) is 4.79 Å². The molecular weight excluding hydrogens is 210 g/mol. The molecule has 0 fully saturated rings. The molecule has 2 rings (SSSR count). The lowest BCUT2D eigenvalue weighted by atomic mass is 10.1. The maximum Gasteiger partial charge on any atom is 0.185 e. The van der Waals surface area contributed by atoms with Gasteiger partial charge in [-0.15, -0.1) is 0 Å². The van der Waals surface area contributed by atoms with Crippen molar-refractivity contribution >= 4 is 5.78 Å². The Bertz CT molecular complexity index is 487.